The van der Waals surface area contributed by atoms with E-state index in [9.17, 15) is 4.79 Å². The van der Waals surface area contributed by atoms with Crippen molar-refractivity contribution in [2.75, 3.05) is 0 Å². The van der Waals surface area contributed by atoms with Gasteiger partial charge in [0.15, 0.2) is 0 Å². The Labute approximate surface area is 123 Å². The molecule has 1 aliphatic rings. The second kappa shape index (κ2) is 5.68. The minimum atomic E-state index is -0.0385. The topological polar surface area (TPSA) is 29.1 Å². The van der Waals surface area contributed by atoms with Crippen LogP contribution in [-0.4, -0.2) is 5.91 Å². The number of carbonyl (C=O) groups excluding carboxylic acids is 1. The molecule has 0 saturated carbocycles. The molecule has 2 aromatic rings. The van der Waals surface area contributed by atoms with E-state index in [0.717, 1.165) is 19.3 Å². The Morgan fingerprint density at radius 2 is 1.85 bits per heavy atom. The van der Waals surface area contributed by atoms with E-state index >= 15 is 0 Å². The van der Waals surface area contributed by atoms with Crippen LogP contribution in [0.1, 0.15) is 40.4 Å². The zero-order chi connectivity index (χ0) is 13.9. The van der Waals surface area contributed by atoms with Crippen LogP contribution in [0.4, 0.5) is 0 Å². The molecule has 0 aliphatic heterocycles. The van der Waals surface area contributed by atoms with Crippen LogP contribution < -0.4 is 5.32 Å². The van der Waals surface area contributed by atoms with E-state index in [-0.39, 0.29) is 11.9 Å². The lowest BCUT2D eigenvalue weighted by Gasteiger charge is -2.26. The molecule has 20 heavy (non-hydrogen) atoms. The van der Waals surface area contributed by atoms with Gasteiger partial charge < -0.3 is 5.32 Å². The molecular weight excluding hydrogens is 270 g/mol. The van der Waals surface area contributed by atoms with E-state index in [4.69, 9.17) is 11.6 Å². The van der Waals surface area contributed by atoms with Crippen LogP contribution >= 0.6 is 11.6 Å². The zero-order valence-corrected chi connectivity index (χ0v) is 11.9. The van der Waals surface area contributed by atoms with Gasteiger partial charge in [-0.15, -0.1) is 0 Å². The summed E-state index contributed by atoms with van der Waals surface area (Å²) in [5.74, 6) is -0.0385. The first-order valence-electron chi connectivity index (χ1n) is 6.88. The number of hydrogen-bond donors (Lipinski definition) is 1. The smallest absolute Gasteiger partial charge is 0.251 e. The number of halogens is 1. The molecule has 0 radical (unpaired) electrons. The highest BCUT2D eigenvalue weighted by atomic mass is 35.5. The summed E-state index contributed by atoms with van der Waals surface area (Å²) in [5, 5.41) is 3.77. The third kappa shape index (κ3) is 2.70. The molecule has 1 amide bonds. The Balaban J connectivity index is 1.79. The molecule has 1 N–H and O–H groups in total. The quantitative estimate of drug-likeness (QED) is 0.882. The number of nitrogens with one attached hydrogen (secondary N) is 1. The van der Waals surface area contributed by atoms with Gasteiger partial charge >= 0.3 is 0 Å². The lowest BCUT2D eigenvalue weighted by atomic mass is 9.87. The average Bonchev–Trinajstić information content (AvgIpc) is 2.48. The maximum Gasteiger partial charge on any atom is 0.251 e. The van der Waals surface area contributed by atoms with Crippen molar-refractivity contribution in [3.63, 3.8) is 0 Å². The summed E-state index contributed by atoms with van der Waals surface area (Å²) in [5.41, 5.74) is 3.25. The third-order valence-electron chi connectivity index (χ3n) is 3.78. The van der Waals surface area contributed by atoms with Gasteiger partial charge in [0, 0.05) is 10.6 Å². The first-order chi connectivity index (χ1) is 9.74. The molecule has 0 saturated heterocycles. The maximum absolute atomic E-state index is 12.3. The van der Waals surface area contributed by atoms with Crippen LogP contribution in [0, 0.1) is 0 Å². The van der Waals surface area contributed by atoms with E-state index in [1.54, 1.807) is 24.3 Å². The van der Waals surface area contributed by atoms with Gasteiger partial charge in [-0.05, 0) is 54.7 Å². The molecule has 2 nitrogen and oxygen atoms in total. The molecular formula is C17H16ClNO. The molecule has 0 heterocycles. The fourth-order valence-electron chi connectivity index (χ4n) is 2.75. The fraction of sp³-hybridized carbons (Fsp3) is 0.235. The minimum Gasteiger partial charge on any atom is -0.345 e. The molecule has 3 rings (SSSR count). The average molecular weight is 286 g/mol. The van der Waals surface area contributed by atoms with Gasteiger partial charge in [-0.1, -0.05) is 35.9 Å². The van der Waals surface area contributed by atoms with Crippen molar-refractivity contribution in [2.45, 2.75) is 25.3 Å². The van der Waals surface area contributed by atoms with E-state index < -0.39 is 0 Å². The van der Waals surface area contributed by atoms with Gasteiger partial charge in [-0.2, -0.15) is 0 Å². The lowest BCUT2D eigenvalue weighted by molar-refractivity contribution is 0.0933. The Morgan fingerprint density at radius 3 is 2.65 bits per heavy atom. The molecule has 0 fully saturated rings. The Bertz CT molecular complexity index is 621. The van der Waals surface area contributed by atoms with Crippen molar-refractivity contribution in [3.05, 3.63) is 70.2 Å². The van der Waals surface area contributed by atoms with Gasteiger partial charge in [-0.25, -0.2) is 0 Å². The fourth-order valence-corrected chi connectivity index (χ4v) is 2.87. The lowest BCUT2D eigenvalue weighted by Crippen LogP contribution is -2.30. The van der Waals surface area contributed by atoms with Crippen LogP contribution in [0.3, 0.4) is 0 Å². The van der Waals surface area contributed by atoms with E-state index in [1.807, 2.05) is 6.07 Å². The third-order valence-corrected chi connectivity index (χ3v) is 4.03. The van der Waals surface area contributed by atoms with Crippen LogP contribution in [0.15, 0.2) is 48.5 Å². The predicted molar refractivity (Wildman–Crippen MR) is 81.0 cm³/mol. The van der Waals surface area contributed by atoms with E-state index in [0.29, 0.717) is 10.6 Å². The molecule has 1 atom stereocenters. The molecule has 0 bridgehead atoms. The van der Waals surface area contributed by atoms with E-state index in [2.05, 4.69) is 23.5 Å². The van der Waals surface area contributed by atoms with Crippen molar-refractivity contribution in [1.29, 1.82) is 0 Å². The van der Waals surface area contributed by atoms with Gasteiger partial charge in [0.25, 0.3) is 5.91 Å². The molecule has 0 unspecified atom stereocenters. The summed E-state index contributed by atoms with van der Waals surface area (Å²) in [7, 11) is 0. The molecule has 3 heteroatoms. The number of fused-ring (bicyclic) bond motifs is 1. The van der Waals surface area contributed by atoms with Crippen LogP contribution in [-0.2, 0) is 6.42 Å². The highest BCUT2D eigenvalue weighted by Crippen LogP contribution is 2.29. The Hall–Kier alpha value is -1.80. The highest BCUT2D eigenvalue weighted by molar-refractivity contribution is 6.30. The first kappa shape index (κ1) is 13.2. The largest absolute Gasteiger partial charge is 0.345 e. The number of benzene rings is 2. The summed E-state index contributed by atoms with van der Waals surface area (Å²) in [4.78, 5) is 12.3. The summed E-state index contributed by atoms with van der Waals surface area (Å²) in [6.45, 7) is 0. The number of amides is 1. The van der Waals surface area contributed by atoms with Crippen LogP contribution in [0.25, 0.3) is 0 Å². The summed E-state index contributed by atoms with van der Waals surface area (Å²) in [6, 6.07) is 15.5. The summed E-state index contributed by atoms with van der Waals surface area (Å²) >= 11 is 5.84. The van der Waals surface area contributed by atoms with Crippen LogP contribution in [0.2, 0.25) is 5.02 Å². The highest BCUT2D eigenvalue weighted by Gasteiger charge is 2.21. The molecule has 1 aliphatic carbocycles. The van der Waals surface area contributed by atoms with Crippen LogP contribution in [0.5, 0.6) is 0 Å². The molecule has 0 aromatic heterocycles. The van der Waals surface area contributed by atoms with Gasteiger partial charge in [0.2, 0.25) is 0 Å². The maximum atomic E-state index is 12.3. The second-order valence-corrected chi connectivity index (χ2v) is 5.56. The predicted octanol–water partition coefficient (Wildman–Crippen LogP) is 4.15. The van der Waals surface area contributed by atoms with Gasteiger partial charge in [-0.3, -0.25) is 4.79 Å². The standard InChI is InChI=1S/C17H16ClNO/c18-14-10-8-13(9-11-14)17(20)19-16-7-3-5-12-4-1-2-6-15(12)16/h1-2,4,6,8-11,16H,3,5,7H2,(H,19,20)/t16-/m0/s1. The SMILES string of the molecule is O=C(N[C@H]1CCCc2ccccc21)c1ccc(Cl)cc1. The Kier molecular flexibility index (Phi) is 3.75. The monoisotopic (exact) mass is 285 g/mol. The van der Waals surface area contributed by atoms with Crippen molar-refractivity contribution < 1.29 is 4.79 Å². The molecule has 0 spiro atoms. The van der Waals surface area contributed by atoms with Crippen molar-refractivity contribution in [3.8, 4) is 0 Å². The van der Waals surface area contributed by atoms with Crippen molar-refractivity contribution in [2.24, 2.45) is 0 Å². The number of hydrogen-bond acceptors (Lipinski definition) is 1. The molecule has 2 aromatic carbocycles. The van der Waals surface area contributed by atoms with Crippen molar-refractivity contribution in [1.82, 2.24) is 5.32 Å². The number of carbonyl (C=O) groups is 1. The number of aryl methyl sites for hydroxylation is 1. The second-order valence-electron chi connectivity index (χ2n) is 5.12. The minimum absolute atomic E-state index is 0.0385. The number of rotatable bonds is 2. The Morgan fingerprint density at radius 1 is 1.10 bits per heavy atom. The van der Waals surface area contributed by atoms with E-state index in [1.165, 1.54) is 11.1 Å². The summed E-state index contributed by atoms with van der Waals surface area (Å²) < 4.78 is 0. The molecule has 102 valence electrons. The normalized spacial score (nSPS) is 17.4. The zero-order valence-electron chi connectivity index (χ0n) is 11.1. The van der Waals surface area contributed by atoms with Gasteiger partial charge in [0.05, 0.1) is 6.04 Å². The van der Waals surface area contributed by atoms with Gasteiger partial charge in [0.1, 0.15) is 0 Å². The van der Waals surface area contributed by atoms with Crippen molar-refractivity contribution >= 4 is 17.5 Å². The summed E-state index contributed by atoms with van der Waals surface area (Å²) in [6.07, 6.45) is 3.21. The first-order valence-corrected chi connectivity index (χ1v) is 7.26.